The van der Waals surface area contributed by atoms with Crippen LogP contribution >= 0.6 is 0 Å². The van der Waals surface area contributed by atoms with E-state index in [4.69, 9.17) is 0 Å². The molecule has 0 radical (unpaired) electrons. The number of hydrogen-bond acceptors (Lipinski definition) is 1. The molecule has 0 unspecified atom stereocenters. The van der Waals surface area contributed by atoms with Gasteiger partial charge in [0.15, 0.2) is 0 Å². The Bertz CT molecular complexity index is 134. The lowest BCUT2D eigenvalue weighted by atomic mass is 9.80. The molecular weight excluding hydrogens is 158 g/mol. The lowest BCUT2D eigenvalue weighted by Gasteiger charge is -2.29. The minimum Gasteiger partial charge on any atom is -0.319 e. The molecule has 1 saturated carbocycles. The van der Waals surface area contributed by atoms with E-state index in [1.165, 1.54) is 45.1 Å². The number of nitrogens with one attached hydrogen (secondary N) is 1. The van der Waals surface area contributed by atoms with Gasteiger partial charge in [0.1, 0.15) is 0 Å². The summed E-state index contributed by atoms with van der Waals surface area (Å²) in [5, 5.41) is 3.37. The summed E-state index contributed by atoms with van der Waals surface area (Å²) in [6.45, 7) is 5.91. The molecule has 1 rings (SSSR count). The van der Waals surface area contributed by atoms with E-state index >= 15 is 0 Å². The highest BCUT2D eigenvalue weighted by molar-refractivity contribution is 4.86. The fourth-order valence-corrected chi connectivity index (χ4v) is 2.61. The lowest BCUT2D eigenvalue weighted by Crippen LogP contribution is -2.30. The summed E-state index contributed by atoms with van der Waals surface area (Å²) in [4.78, 5) is 0. The molecule has 1 heteroatoms. The summed E-state index contributed by atoms with van der Waals surface area (Å²) in [7, 11) is 2.09. The van der Waals surface area contributed by atoms with E-state index in [9.17, 15) is 0 Å². The van der Waals surface area contributed by atoms with Crippen molar-refractivity contribution in [2.45, 2.75) is 52.4 Å². The quantitative estimate of drug-likeness (QED) is 0.690. The van der Waals surface area contributed by atoms with Gasteiger partial charge in [-0.25, -0.2) is 0 Å². The van der Waals surface area contributed by atoms with Crippen molar-refractivity contribution < 1.29 is 0 Å². The van der Waals surface area contributed by atoms with Crippen molar-refractivity contribution in [3.63, 3.8) is 0 Å². The van der Waals surface area contributed by atoms with Gasteiger partial charge in [0.05, 0.1) is 0 Å². The van der Waals surface area contributed by atoms with Gasteiger partial charge in [-0.2, -0.15) is 0 Å². The van der Waals surface area contributed by atoms with Crippen LogP contribution in [0.2, 0.25) is 0 Å². The Morgan fingerprint density at radius 2 is 1.85 bits per heavy atom. The van der Waals surface area contributed by atoms with Crippen molar-refractivity contribution in [3.8, 4) is 0 Å². The first-order valence-electron chi connectivity index (χ1n) is 5.83. The van der Waals surface area contributed by atoms with Gasteiger partial charge in [-0.3, -0.25) is 0 Å². The highest BCUT2D eigenvalue weighted by Gasteiger charge is 2.32. The molecule has 0 aromatic carbocycles. The van der Waals surface area contributed by atoms with Crippen LogP contribution in [-0.2, 0) is 0 Å². The summed E-state index contributed by atoms with van der Waals surface area (Å²) < 4.78 is 0. The molecule has 13 heavy (non-hydrogen) atoms. The first kappa shape index (κ1) is 11.0. The van der Waals surface area contributed by atoms with E-state index < -0.39 is 0 Å². The molecule has 0 bridgehead atoms. The number of hydrogen-bond donors (Lipinski definition) is 1. The molecule has 0 aromatic rings. The zero-order chi connectivity index (χ0) is 9.73. The molecule has 0 saturated heterocycles. The van der Waals surface area contributed by atoms with Crippen molar-refractivity contribution in [1.82, 2.24) is 5.32 Å². The predicted molar refractivity (Wildman–Crippen MR) is 58.9 cm³/mol. The van der Waals surface area contributed by atoms with Crippen LogP contribution in [0.4, 0.5) is 0 Å². The second-order valence-corrected chi connectivity index (χ2v) is 5.17. The van der Waals surface area contributed by atoms with Crippen LogP contribution in [-0.4, -0.2) is 13.6 Å². The first-order valence-corrected chi connectivity index (χ1v) is 5.83. The lowest BCUT2D eigenvalue weighted by molar-refractivity contribution is 0.244. The van der Waals surface area contributed by atoms with Gasteiger partial charge in [-0.05, 0) is 37.6 Å². The van der Waals surface area contributed by atoms with Crippen LogP contribution in [0, 0.1) is 11.3 Å². The minimum absolute atomic E-state index is 0.666. The smallest absolute Gasteiger partial charge is 0.000480 e. The van der Waals surface area contributed by atoms with E-state index in [1.807, 2.05) is 0 Å². The monoisotopic (exact) mass is 183 g/mol. The van der Waals surface area contributed by atoms with Crippen molar-refractivity contribution in [1.29, 1.82) is 0 Å². The Morgan fingerprint density at radius 1 is 1.23 bits per heavy atom. The Labute approximate surface area is 83.3 Å². The SMILES string of the molecule is CNCC1(CCC(C)C)CCCC1. The molecule has 0 spiro atoms. The summed E-state index contributed by atoms with van der Waals surface area (Å²) in [6, 6.07) is 0. The third-order valence-electron chi connectivity index (χ3n) is 3.47. The van der Waals surface area contributed by atoms with Crippen LogP contribution in [0.5, 0.6) is 0 Å². The standard InChI is InChI=1S/C12H25N/c1-11(2)6-9-12(10-13-3)7-4-5-8-12/h11,13H,4-10H2,1-3H3. The van der Waals surface area contributed by atoms with Crippen LogP contribution in [0.1, 0.15) is 52.4 Å². The molecule has 1 nitrogen and oxygen atoms in total. The molecule has 0 aliphatic heterocycles. The molecule has 1 N–H and O–H groups in total. The van der Waals surface area contributed by atoms with Crippen LogP contribution in [0.3, 0.4) is 0 Å². The van der Waals surface area contributed by atoms with Gasteiger partial charge in [0, 0.05) is 6.54 Å². The topological polar surface area (TPSA) is 12.0 Å². The Morgan fingerprint density at radius 3 is 2.31 bits per heavy atom. The maximum Gasteiger partial charge on any atom is 0.000480 e. The second kappa shape index (κ2) is 4.99. The van der Waals surface area contributed by atoms with Crippen LogP contribution in [0.15, 0.2) is 0 Å². The fourth-order valence-electron chi connectivity index (χ4n) is 2.61. The molecular formula is C12H25N. The first-order chi connectivity index (χ1) is 6.18. The van der Waals surface area contributed by atoms with Crippen LogP contribution < -0.4 is 5.32 Å². The van der Waals surface area contributed by atoms with Gasteiger partial charge < -0.3 is 5.32 Å². The Balaban J connectivity index is 2.37. The minimum atomic E-state index is 0.666. The van der Waals surface area contributed by atoms with Gasteiger partial charge in [-0.15, -0.1) is 0 Å². The average Bonchev–Trinajstić information content (AvgIpc) is 2.51. The molecule has 1 aliphatic carbocycles. The number of rotatable bonds is 5. The third kappa shape index (κ3) is 3.30. The summed E-state index contributed by atoms with van der Waals surface area (Å²) in [5.41, 5.74) is 0.666. The van der Waals surface area contributed by atoms with E-state index in [1.54, 1.807) is 0 Å². The molecule has 0 atom stereocenters. The maximum absolute atomic E-state index is 3.37. The molecule has 0 aromatic heterocycles. The highest BCUT2D eigenvalue weighted by atomic mass is 14.8. The Kier molecular flexibility index (Phi) is 4.24. The van der Waals surface area contributed by atoms with E-state index in [0.717, 1.165) is 5.92 Å². The van der Waals surface area contributed by atoms with Gasteiger partial charge in [0.25, 0.3) is 0 Å². The summed E-state index contributed by atoms with van der Waals surface area (Å²) in [5.74, 6) is 0.870. The molecule has 78 valence electrons. The molecule has 0 amide bonds. The van der Waals surface area contributed by atoms with Gasteiger partial charge in [0.2, 0.25) is 0 Å². The highest BCUT2D eigenvalue weighted by Crippen LogP contribution is 2.42. The predicted octanol–water partition coefficient (Wildman–Crippen LogP) is 3.20. The normalized spacial score (nSPS) is 21.2. The van der Waals surface area contributed by atoms with E-state index in [-0.39, 0.29) is 0 Å². The molecule has 0 heterocycles. The largest absolute Gasteiger partial charge is 0.319 e. The Hall–Kier alpha value is -0.0400. The van der Waals surface area contributed by atoms with Crippen molar-refractivity contribution in [2.75, 3.05) is 13.6 Å². The van der Waals surface area contributed by atoms with Crippen molar-refractivity contribution in [3.05, 3.63) is 0 Å². The van der Waals surface area contributed by atoms with Crippen molar-refractivity contribution >= 4 is 0 Å². The fraction of sp³-hybridized carbons (Fsp3) is 1.00. The maximum atomic E-state index is 3.37. The van der Waals surface area contributed by atoms with E-state index in [0.29, 0.717) is 5.41 Å². The summed E-state index contributed by atoms with van der Waals surface area (Å²) in [6.07, 6.45) is 8.67. The summed E-state index contributed by atoms with van der Waals surface area (Å²) >= 11 is 0. The average molecular weight is 183 g/mol. The second-order valence-electron chi connectivity index (χ2n) is 5.17. The van der Waals surface area contributed by atoms with Gasteiger partial charge in [-0.1, -0.05) is 33.1 Å². The van der Waals surface area contributed by atoms with Crippen molar-refractivity contribution in [2.24, 2.45) is 11.3 Å². The molecule has 1 aliphatic rings. The molecule has 1 fully saturated rings. The zero-order valence-electron chi connectivity index (χ0n) is 9.53. The van der Waals surface area contributed by atoms with E-state index in [2.05, 4.69) is 26.2 Å². The third-order valence-corrected chi connectivity index (χ3v) is 3.47. The van der Waals surface area contributed by atoms with Crippen LogP contribution in [0.25, 0.3) is 0 Å². The van der Waals surface area contributed by atoms with Gasteiger partial charge >= 0.3 is 0 Å². The zero-order valence-corrected chi connectivity index (χ0v) is 9.53.